The molecule has 2 aliphatic rings. The van der Waals surface area contributed by atoms with Crippen LogP contribution in [0.15, 0.2) is 16.6 Å². The summed E-state index contributed by atoms with van der Waals surface area (Å²) >= 11 is 3.63. The van der Waals surface area contributed by atoms with Gasteiger partial charge < -0.3 is 4.74 Å². The van der Waals surface area contributed by atoms with E-state index in [0.717, 1.165) is 19.1 Å². The van der Waals surface area contributed by atoms with Crippen LogP contribution in [0.3, 0.4) is 0 Å². The Balaban J connectivity index is 2.18. The predicted molar refractivity (Wildman–Crippen MR) is 54.6 cm³/mol. The van der Waals surface area contributed by atoms with Crippen molar-refractivity contribution in [2.75, 3.05) is 0 Å². The lowest BCUT2D eigenvalue weighted by Gasteiger charge is -2.08. The van der Waals surface area contributed by atoms with E-state index >= 15 is 0 Å². The maximum Gasteiger partial charge on any atom is 0.0728 e. The Kier molecular flexibility index (Phi) is 1.74. The number of hydrogen-bond acceptors (Lipinski definition) is 1. The van der Waals surface area contributed by atoms with E-state index in [9.17, 15) is 0 Å². The van der Waals surface area contributed by atoms with Crippen molar-refractivity contribution in [1.29, 1.82) is 0 Å². The minimum atomic E-state index is 0.808. The van der Waals surface area contributed by atoms with E-state index in [-0.39, 0.29) is 0 Å². The van der Waals surface area contributed by atoms with Crippen LogP contribution in [0.25, 0.3) is 0 Å². The van der Waals surface area contributed by atoms with Crippen molar-refractivity contribution < 1.29 is 4.74 Å². The summed E-state index contributed by atoms with van der Waals surface area (Å²) in [5.41, 5.74) is 4.37. The fraction of sp³-hybridized carbons (Fsp3) is 0.455. The van der Waals surface area contributed by atoms with Crippen molar-refractivity contribution in [2.45, 2.75) is 32.0 Å². The van der Waals surface area contributed by atoms with E-state index in [2.05, 4.69) is 28.1 Å². The van der Waals surface area contributed by atoms with Gasteiger partial charge in [-0.3, -0.25) is 0 Å². The lowest BCUT2D eigenvalue weighted by Crippen LogP contribution is -1.92. The van der Waals surface area contributed by atoms with Gasteiger partial charge in [0.15, 0.2) is 0 Å². The standard InChI is InChI=1S/C11H11BrO/c12-10-4-3-8-5-13-6-9(8)11(10)7-1-2-7/h3-4,7H,1-2,5-6H2. The number of hydrogen-bond donors (Lipinski definition) is 0. The summed E-state index contributed by atoms with van der Waals surface area (Å²) in [6.45, 7) is 1.63. The third kappa shape index (κ3) is 1.24. The van der Waals surface area contributed by atoms with Crippen LogP contribution in [-0.4, -0.2) is 0 Å². The van der Waals surface area contributed by atoms with Crippen LogP contribution in [0, 0.1) is 0 Å². The van der Waals surface area contributed by atoms with E-state index in [1.807, 2.05) is 0 Å². The highest BCUT2D eigenvalue weighted by molar-refractivity contribution is 9.10. The van der Waals surface area contributed by atoms with Gasteiger partial charge in [0.1, 0.15) is 0 Å². The molecule has 0 radical (unpaired) electrons. The summed E-state index contributed by atoms with van der Waals surface area (Å²) in [7, 11) is 0. The molecule has 1 fully saturated rings. The summed E-state index contributed by atoms with van der Waals surface area (Å²) in [5.74, 6) is 0.811. The fourth-order valence-corrected chi connectivity index (χ4v) is 2.76. The lowest BCUT2D eigenvalue weighted by atomic mass is 10.0. The van der Waals surface area contributed by atoms with Gasteiger partial charge in [-0.2, -0.15) is 0 Å². The molecule has 1 aliphatic heterocycles. The van der Waals surface area contributed by atoms with Crippen LogP contribution >= 0.6 is 15.9 Å². The summed E-state index contributed by atoms with van der Waals surface area (Å²) in [6, 6.07) is 4.35. The molecule has 2 heteroatoms. The van der Waals surface area contributed by atoms with Crippen molar-refractivity contribution >= 4 is 15.9 Å². The number of benzene rings is 1. The highest BCUT2D eigenvalue weighted by atomic mass is 79.9. The largest absolute Gasteiger partial charge is 0.372 e. The van der Waals surface area contributed by atoms with E-state index < -0.39 is 0 Å². The summed E-state index contributed by atoms with van der Waals surface area (Å²) in [5, 5.41) is 0. The maximum atomic E-state index is 5.47. The molecule has 0 N–H and O–H groups in total. The maximum absolute atomic E-state index is 5.47. The number of fused-ring (bicyclic) bond motifs is 1. The Morgan fingerprint density at radius 3 is 2.85 bits per heavy atom. The second-order valence-corrected chi connectivity index (χ2v) is 4.72. The minimum Gasteiger partial charge on any atom is -0.372 e. The average molecular weight is 239 g/mol. The Bertz CT molecular complexity index is 355. The SMILES string of the molecule is Brc1ccc2c(c1C1CC1)COC2. The Morgan fingerprint density at radius 1 is 1.23 bits per heavy atom. The zero-order chi connectivity index (χ0) is 8.84. The summed E-state index contributed by atoms with van der Waals surface area (Å²) in [4.78, 5) is 0. The zero-order valence-corrected chi connectivity index (χ0v) is 8.93. The first kappa shape index (κ1) is 8.01. The molecule has 1 aromatic rings. The van der Waals surface area contributed by atoms with E-state index in [1.165, 1.54) is 34.0 Å². The van der Waals surface area contributed by atoms with Crippen LogP contribution in [0.1, 0.15) is 35.4 Å². The van der Waals surface area contributed by atoms with Crippen molar-refractivity contribution in [3.05, 3.63) is 33.3 Å². The molecule has 13 heavy (non-hydrogen) atoms. The first-order valence-electron chi connectivity index (χ1n) is 4.74. The molecule has 1 heterocycles. The fourth-order valence-electron chi connectivity index (χ4n) is 2.06. The van der Waals surface area contributed by atoms with Gasteiger partial charge in [-0.25, -0.2) is 0 Å². The molecule has 0 unspecified atom stereocenters. The Morgan fingerprint density at radius 2 is 2.08 bits per heavy atom. The van der Waals surface area contributed by atoms with Gasteiger partial charge in [0.25, 0.3) is 0 Å². The number of rotatable bonds is 1. The van der Waals surface area contributed by atoms with Crippen molar-refractivity contribution in [2.24, 2.45) is 0 Å². The molecule has 1 nitrogen and oxygen atoms in total. The zero-order valence-electron chi connectivity index (χ0n) is 7.35. The summed E-state index contributed by atoms with van der Waals surface area (Å²) < 4.78 is 6.74. The second kappa shape index (κ2) is 2.82. The second-order valence-electron chi connectivity index (χ2n) is 3.87. The van der Waals surface area contributed by atoms with Crippen LogP contribution in [0.2, 0.25) is 0 Å². The Hall–Kier alpha value is -0.340. The average Bonchev–Trinajstić information content (AvgIpc) is 2.82. The van der Waals surface area contributed by atoms with Gasteiger partial charge in [0.2, 0.25) is 0 Å². The van der Waals surface area contributed by atoms with E-state index in [0.29, 0.717) is 0 Å². The minimum absolute atomic E-state index is 0.808. The number of ether oxygens (including phenoxy) is 1. The molecule has 3 rings (SSSR count). The van der Waals surface area contributed by atoms with Crippen molar-refractivity contribution in [1.82, 2.24) is 0 Å². The predicted octanol–water partition coefficient (Wildman–Crippen LogP) is 3.36. The van der Waals surface area contributed by atoms with E-state index in [4.69, 9.17) is 4.74 Å². The number of halogens is 1. The van der Waals surface area contributed by atoms with Gasteiger partial charge in [0, 0.05) is 4.47 Å². The highest BCUT2D eigenvalue weighted by Gasteiger charge is 2.30. The third-order valence-electron chi connectivity index (χ3n) is 2.89. The van der Waals surface area contributed by atoms with Crippen LogP contribution in [0.4, 0.5) is 0 Å². The molecule has 1 saturated carbocycles. The van der Waals surface area contributed by atoms with E-state index in [1.54, 1.807) is 0 Å². The van der Waals surface area contributed by atoms with Crippen molar-refractivity contribution in [3.63, 3.8) is 0 Å². The van der Waals surface area contributed by atoms with Gasteiger partial charge >= 0.3 is 0 Å². The molecule has 0 spiro atoms. The summed E-state index contributed by atoms with van der Waals surface area (Å²) in [6.07, 6.45) is 2.71. The molecular formula is C11H11BrO. The monoisotopic (exact) mass is 238 g/mol. The van der Waals surface area contributed by atoms with Gasteiger partial charge in [0.05, 0.1) is 13.2 Å². The first-order valence-corrected chi connectivity index (χ1v) is 5.53. The molecule has 1 aliphatic carbocycles. The van der Waals surface area contributed by atoms with Gasteiger partial charge in [-0.1, -0.05) is 22.0 Å². The highest BCUT2D eigenvalue weighted by Crippen LogP contribution is 2.46. The van der Waals surface area contributed by atoms with Gasteiger partial charge in [-0.05, 0) is 41.5 Å². The van der Waals surface area contributed by atoms with Crippen LogP contribution in [0.5, 0.6) is 0 Å². The van der Waals surface area contributed by atoms with Gasteiger partial charge in [-0.15, -0.1) is 0 Å². The molecule has 0 amide bonds. The smallest absolute Gasteiger partial charge is 0.0728 e. The molecule has 68 valence electrons. The molecule has 0 bridgehead atoms. The molecule has 0 atom stereocenters. The molecule has 1 aromatic carbocycles. The van der Waals surface area contributed by atoms with Crippen LogP contribution < -0.4 is 0 Å². The first-order chi connectivity index (χ1) is 6.36. The molecular weight excluding hydrogens is 228 g/mol. The lowest BCUT2D eigenvalue weighted by molar-refractivity contribution is 0.134. The normalized spacial score (nSPS) is 20.4. The van der Waals surface area contributed by atoms with Crippen LogP contribution in [-0.2, 0) is 18.0 Å². The molecule has 0 aromatic heterocycles. The quantitative estimate of drug-likeness (QED) is 0.730. The topological polar surface area (TPSA) is 9.23 Å². The third-order valence-corrected chi connectivity index (χ3v) is 3.58. The molecule has 0 saturated heterocycles. The Labute approximate surface area is 86.2 Å². The van der Waals surface area contributed by atoms with Crippen molar-refractivity contribution in [3.8, 4) is 0 Å².